The minimum absolute atomic E-state index is 0.0769. The smallest absolute Gasteiger partial charge is 0.220 e. The Hall–Kier alpha value is -2.17. The second-order valence-electron chi connectivity index (χ2n) is 17.2. The normalized spacial score (nSPS) is 13.5. The van der Waals surface area contributed by atoms with Crippen molar-refractivity contribution in [2.45, 2.75) is 264 Å². The van der Waals surface area contributed by atoms with Gasteiger partial charge in [0.2, 0.25) is 5.91 Å². The highest BCUT2D eigenvalue weighted by atomic mass is 16.3. The van der Waals surface area contributed by atoms with E-state index in [1.165, 1.54) is 173 Å². The summed E-state index contributed by atoms with van der Waals surface area (Å²) in [4.78, 5) is 12.4. The molecule has 1 amide bonds. The molecule has 0 spiro atoms. The monoisotopic (exact) mass is 822 g/mol. The van der Waals surface area contributed by atoms with E-state index in [1.807, 2.05) is 6.08 Å². The minimum Gasteiger partial charge on any atom is -0.394 e. The Bertz CT molecular complexity index is 1020. The standard InChI is InChI=1S/C55H99NO3/c1-3-5-7-9-11-13-15-17-19-21-23-25-27-28-29-31-33-35-37-39-41-43-45-47-49-51-55(59)56-53(52-57)54(58)50-48-46-44-42-40-38-36-34-32-30-26-24-22-20-18-16-14-12-10-8-6-4-2/h5,7,11,13,17,19,23,25,40,42,48,50,53-54,57-58H,3-4,6,8-10,12,14-16,18,20-22,24,26-39,41,43-47,49,51-52H2,1-2H3,(H,56,59)/b7-5-,13-11-,19-17-,25-23-,42-40+,50-48+. The number of aliphatic hydroxyl groups is 2. The van der Waals surface area contributed by atoms with Gasteiger partial charge in [-0.2, -0.15) is 0 Å². The topological polar surface area (TPSA) is 69.6 Å². The molecule has 0 aromatic carbocycles. The van der Waals surface area contributed by atoms with Crippen LogP contribution in [0.3, 0.4) is 0 Å². The number of allylic oxidation sites excluding steroid dienone is 11. The van der Waals surface area contributed by atoms with Gasteiger partial charge in [-0.25, -0.2) is 0 Å². The third-order valence-electron chi connectivity index (χ3n) is 11.4. The van der Waals surface area contributed by atoms with E-state index in [0.29, 0.717) is 6.42 Å². The molecule has 342 valence electrons. The van der Waals surface area contributed by atoms with Gasteiger partial charge < -0.3 is 15.5 Å². The van der Waals surface area contributed by atoms with Gasteiger partial charge in [0.25, 0.3) is 0 Å². The van der Waals surface area contributed by atoms with Gasteiger partial charge in [-0.05, 0) is 70.6 Å². The molecule has 4 nitrogen and oxygen atoms in total. The van der Waals surface area contributed by atoms with Crippen LogP contribution < -0.4 is 5.32 Å². The molecule has 0 aliphatic rings. The van der Waals surface area contributed by atoms with E-state index in [0.717, 1.165) is 57.8 Å². The summed E-state index contributed by atoms with van der Waals surface area (Å²) in [5, 5.41) is 23.1. The third-order valence-corrected chi connectivity index (χ3v) is 11.4. The zero-order chi connectivity index (χ0) is 42.8. The lowest BCUT2D eigenvalue weighted by Crippen LogP contribution is -2.45. The van der Waals surface area contributed by atoms with E-state index >= 15 is 0 Å². The van der Waals surface area contributed by atoms with Gasteiger partial charge in [0.15, 0.2) is 0 Å². The Labute approximate surface area is 368 Å². The highest BCUT2D eigenvalue weighted by molar-refractivity contribution is 5.76. The molecule has 0 aromatic heterocycles. The van der Waals surface area contributed by atoms with Crippen molar-refractivity contribution in [1.29, 1.82) is 0 Å². The molecule has 0 aliphatic carbocycles. The molecule has 0 fully saturated rings. The molecular formula is C55H99NO3. The largest absolute Gasteiger partial charge is 0.394 e. The summed E-state index contributed by atoms with van der Waals surface area (Å²) in [6, 6.07) is -0.644. The zero-order valence-corrected chi connectivity index (χ0v) is 39.3. The van der Waals surface area contributed by atoms with E-state index in [2.05, 4.69) is 79.9 Å². The molecule has 2 unspecified atom stereocenters. The Morgan fingerprint density at radius 1 is 0.424 bits per heavy atom. The number of rotatable bonds is 46. The van der Waals surface area contributed by atoms with Gasteiger partial charge in [-0.15, -0.1) is 0 Å². The Morgan fingerprint density at radius 3 is 1.19 bits per heavy atom. The van der Waals surface area contributed by atoms with Crippen LogP contribution in [-0.4, -0.2) is 34.9 Å². The minimum atomic E-state index is -0.867. The fourth-order valence-electron chi connectivity index (χ4n) is 7.54. The summed E-state index contributed by atoms with van der Waals surface area (Å²) in [6.07, 6.45) is 71.8. The van der Waals surface area contributed by atoms with Crippen molar-refractivity contribution in [3.63, 3.8) is 0 Å². The van der Waals surface area contributed by atoms with E-state index in [1.54, 1.807) is 6.08 Å². The number of hydrogen-bond donors (Lipinski definition) is 3. The van der Waals surface area contributed by atoms with Crippen LogP contribution >= 0.6 is 0 Å². The van der Waals surface area contributed by atoms with Crippen molar-refractivity contribution in [3.05, 3.63) is 72.9 Å². The molecule has 0 saturated carbocycles. The molecule has 0 bridgehead atoms. The predicted molar refractivity (Wildman–Crippen MR) is 262 cm³/mol. The molecular weight excluding hydrogens is 723 g/mol. The van der Waals surface area contributed by atoms with Crippen LogP contribution in [0.4, 0.5) is 0 Å². The zero-order valence-electron chi connectivity index (χ0n) is 39.3. The lowest BCUT2D eigenvalue weighted by atomic mass is 10.0. The van der Waals surface area contributed by atoms with Crippen LogP contribution in [0, 0.1) is 0 Å². The highest BCUT2D eigenvalue weighted by Crippen LogP contribution is 2.16. The van der Waals surface area contributed by atoms with Crippen LogP contribution in [0.5, 0.6) is 0 Å². The lowest BCUT2D eigenvalue weighted by molar-refractivity contribution is -0.123. The number of nitrogens with one attached hydrogen (secondary N) is 1. The summed E-state index contributed by atoms with van der Waals surface area (Å²) >= 11 is 0. The van der Waals surface area contributed by atoms with Crippen molar-refractivity contribution in [2.24, 2.45) is 0 Å². The summed E-state index contributed by atoms with van der Waals surface area (Å²) in [6.45, 7) is 4.20. The first kappa shape index (κ1) is 56.8. The number of carbonyl (C=O) groups excluding carboxylic acids is 1. The van der Waals surface area contributed by atoms with Crippen LogP contribution in [0.25, 0.3) is 0 Å². The van der Waals surface area contributed by atoms with Crippen molar-refractivity contribution in [1.82, 2.24) is 5.32 Å². The van der Waals surface area contributed by atoms with Gasteiger partial charge in [0.1, 0.15) is 0 Å². The molecule has 0 radical (unpaired) electrons. The average molecular weight is 822 g/mol. The maximum absolute atomic E-state index is 12.4. The van der Waals surface area contributed by atoms with Gasteiger partial charge in [0, 0.05) is 6.42 Å². The number of aliphatic hydroxyl groups excluding tert-OH is 2. The van der Waals surface area contributed by atoms with Crippen molar-refractivity contribution >= 4 is 5.91 Å². The molecule has 0 aromatic rings. The van der Waals surface area contributed by atoms with Crippen LogP contribution in [0.2, 0.25) is 0 Å². The number of unbranched alkanes of at least 4 members (excludes halogenated alkanes) is 29. The Balaban J connectivity index is 3.58. The number of carbonyl (C=O) groups is 1. The molecule has 59 heavy (non-hydrogen) atoms. The number of hydrogen-bond acceptors (Lipinski definition) is 3. The summed E-state index contributed by atoms with van der Waals surface area (Å²) in [5.74, 6) is -0.0769. The van der Waals surface area contributed by atoms with E-state index in [-0.39, 0.29) is 12.5 Å². The summed E-state index contributed by atoms with van der Waals surface area (Å²) < 4.78 is 0. The molecule has 4 heteroatoms. The molecule has 0 heterocycles. The van der Waals surface area contributed by atoms with Crippen molar-refractivity contribution < 1.29 is 15.0 Å². The second-order valence-corrected chi connectivity index (χ2v) is 17.2. The van der Waals surface area contributed by atoms with Crippen LogP contribution in [0.15, 0.2) is 72.9 Å². The molecule has 3 N–H and O–H groups in total. The van der Waals surface area contributed by atoms with Crippen molar-refractivity contribution in [2.75, 3.05) is 6.61 Å². The van der Waals surface area contributed by atoms with E-state index in [4.69, 9.17) is 0 Å². The van der Waals surface area contributed by atoms with Gasteiger partial charge in [0.05, 0.1) is 18.8 Å². The maximum Gasteiger partial charge on any atom is 0.220 e. The quantitative estimate of drug-likeness (QED) is 0.0423. The highest BCUT2D eigenvalue weighted by Gasteiger charge is 2.17. The first-order valence-electron chi connectivity index (χ1n) is 25.7. The van der Waals surface area contributed by atoms with Crippen LogP contribution in [0.1, 0.15) is 251 Å². The molecule has 0 aliphatic heterocycles. The van der Waals surface area contributed by atoms with Crippen molar-refractivity contribution in [3.8, 4) is 0 Å². The fraction of sp³-hybridized carbons (Fsp3) is 0.764. The maximum atomic E-state index is 12.4. The average Bonchev–Trinajstić information content (AvgIpc) is 3.24. The van der Waals surface area contributed by atoms with Gasteiger partial charge >= 0.3 is 0 Å². The fourth-order valence-corrected chi connectivity index (χ4v) is 7.54. The SMILES string of the molecule is CC/C=C\C/C=C\C/C=C\C/C=C\CCCCCCCCCCCCCCC(=O)NC(CO)C(O)/C=C/CC/C=C/CCCCCCCCCCCCCCCCCC. The van der Waals surface area contributed by atoms with E-state index < -0.39 is 12.1 Å². The summed E-state index contributed by atoms with van der Waals surface area (Å²) in [5.41, 5.74) is 0. The predicted octanol–water partition coefficient (Wildman–Crippen LogP) is 16.6. The van der Waals surface area contributed by atoms with Gasteiger partial charge in [-0.1, -0.05) is 247 Å². The van der Waals surface area contributed by atoms with Gasteiger partial charge in [-0.3, -0.25) is 4.79 Å². The molecule has 2 atom stereocenters. The van der Waals surface area contributed by atoms with Crippen LogP contribution in [-0.2, 0) is 4.79 Å². The Kier molecular flexibility index (Phi) is 48.3. The first-order valence-corrected chi connectivity index (χ1v) is 25.7. The second kappa shape index (κ2) is 50.2. The number of amides is 1. The molecule has 0 rings (SSSR count). The third kappa shape index (κ3) is 46.7. The first-order chi connectivity index (χ1) is 29.2. The lowest BCUT2D eigenvalue weighted by Gasteiger charge is -2.19. The Morgan fingerprint density at radius 2 is 0.763 bits per heavy atom. The summed E-state index contributed by atoms with van der Waals surface area (Å²) in [7, 11) is 0. The van der Waals surface area contributed by atoms with E-state index in [9.17, 15) is 15.0 Å². The molecule has 0 saturated heterocycles.